The molecule has 0 atom stereocenters. The summed E-state index contributed by atoms with van der Waals surface area (Å²) in [5.41, 5.74) is 3.53. The van der Waals surface area contributed by atoms with Crippen molar-refractivity contribution in [3.05, 3.63) is 46.3 Å². The molecule has 6 nitrogen and oxygen atoms in total. The minimum atomic E-state index is -0.598. The van der Waals surface area contributed by atoms with Gasteiger partial charge in [0, 0.05) is 29.1 Å². The van der Waals surface area contributed by atoms with E-state index in [-0.39, 0.29) is 18.0 Å². The molecule has 0 aliphatic heterocycles. The molecule has 0 bridgehead atoms. The third-order valence-corrected chi connectivity index (χ3v) is 4.51. The zero-order chi connectivity index (χ0) is 19.4. The Morgan fingerprint density at radius 1 is 1.00 bits per heavy atom. The fourth-order valence-electron chi connectivity index (χ4n) is 3.07. The number of carbonyl (C=O) groups is 2. The van der Waals surface area contributed by atoms with Crippen molar-refractivity contribution in [2.75, 3.05) is 20.8 Å². The number of methoxy groups -OCH3 is 2. The fourth-order valence-corrected chi connectivity index (χ4v) is 3.07. The molecule has 0 N–H and O–H groups in total. The lowest BCUT2D eigenvalue weighted by Crippen LogP contribution is -2.15. The standard InChI is InChI=1S/C20H25NO5/c1-7-21-12(2)8-16(14(21)4)17(22)11-26-20(23)15-9-18(24-5)13(3)19(10-15)25-6/h8-10H,7,11H2,1-6H3. The van der Waals surface area contributed by atoms with Crippen molar-refractivity contribution in [3.8, 4) is 11.5 Å². The first-order valence-corrected chi connectivity index (χ1v) is 8.43. The average molecular weight is 359 g/mol. The molecule has 0 fully saturated rings. The number of esters is 1. The molecule has 0 amide bonds. The summed E-state index contributed by atoms with van der Waals surface area (Å²) in [6.07, 6.45) is 0. The first kappa shape index (κ1) is 19.6. The summed E-state index contributed by atoms with van der Waals surface area (Å²) in [4.78, 5) is 24.8. The molecular weight excluding hydrogens is 334 g/mol. The topological polar surface area (TPSA) is 66.8 Å². The Bertz CT molecular complexity index is 810. The zero-order valence-corrected chi connectivity index (χ0v) is 16.1. The highest BCUT2D eigenvalue weighted by molar-refractivity contribution is 6.00. The van der Waals surface area contributed by atoms with Crippen LogP contribution in [0.1, 0.15) is 44.6 Å². The van der Waals surface area contributed by atoms with Crippen LogP contribution in [-0.2, 0) is 11.3 Å². The number of ketones is 1. The Labute approximate surface area is 153 Å². The van der Waals surface area contributed by atoms with E-state index in [9.17, 15) is 9.59 Å². The van der Waals surface area contributed by atoms with Gasteiger partial charge in [-0.3, -0.25) is 4.79 Å². The SMILES string of the molecule is CCn1c(C)cc(C(=O)COC(=O)c2cc(OC)c(C)c(OC)c2)c1C. The summed E-state index contributed by atoms with van der Waals surface area (Å²) in [6, 6.07) is 4.98. The molecule has 1 aromatic carbocycles. The van der Waals surface area contributed by atoms with E-state index < -0.39 is 5.97 Å². The molecule has 0 unspecified atom stereocenters. The van der Waals surface area contributed by atoms with Gasteiger partial charge in [-0.2, -0.15) is 0 Å². The highest BCUT2D eigenvalue weighted by atomic mass is 16.5. The number of carbonyl (C=O) groups excluding carboxylic acids is 2. The zero-order valence-electron chi connectivity index (χ0n) is 16.1. The van der Waals surface area contributed by atoms with Gasteiger partial charge in [0.05, 0.1) is 19.8 Å². The minimum Gasteiger partial charge on any atom is -0.496 e. The van der Waals surface area contributed by atoms with Crippen LogP contribution in [-0.4, -0.2) is 37.1 Å². The highest BCUT2D eigenvalue weighted by Crippen LogP contribution is 2.29. The van der Waals surface area contributed by atoms with Gasteiger partial charge in [-0.05, 0) is 45.9 Å². The van der Waals surface area contributed by atoms with Crippen molar-refractivity contribution in [2.45, 2.75) is 34.2 Å². The number of aromatic nitrogens is 1. The first-order chi connectivity index (χ1) is 12.3. The molecule has 2 aromatic rings. The van der Waals surface area contributed by atoms with E-state index in [0.717, 1.165) is 23.5 Å². The second-order valence-corrected chi connectivity index (χ2v) is 6.03. The van der Waals surface area contributed by atoms with E-state index >= 15 is 0 Å². The predicted octanol–water partition coefficient (Wildman–Crippen LogP) is 3.49. The normalized spacial score (nSPS) is 10.5. The fraction of sp³-hybridized carbons (Fsp3) is 0.400. The van der Waals surface area contributed by atoms with Gasteiger partial charge >= 0.3 is 5.97 Å². The monoisotopic (exact) mass is 359 g/mol. The minimum absolute atomic E-state index is 0.225. The van der Waals surface area contributed by atoms with Gasteiger partial charge in [0.2, 0.25) is 5.78 Å². The largest absolute Gasteiger partial charge is 0.496 e. The number of Topliss-reactive ketones (excluding diaryl/α,β-unsaturated/α-hetero) is 1. The van der Waals surface area contributed by atoms with Crippen LogP contribution < -0.4 is 9.47 Å². The van der Waals surface area contributed by atoms with Gasteiger partial charge in [0.15, 0.2) is 6.61 Å². The van der Waals surface area contributed by atoms with Crippen molar-refractivity contribution in [2.24, 2.45) is 0 Å². The van der Waals surface area contributed by atoms with Crippen LogP contribution in [0.4, 0.5) is 0 Å². The second kappa shape index (κ2) is 8.08. The third-order valence-electron chi connectivity index (χ3n) is 4.51. The van der Waals surface area contributed by atoms with Gasteiger partial charge < -0.3 is 18.8 Å². The van der Waals surface area contributed by atoms with Gasteiger partial charge in [-0.15, -0.1) is 0 Å². The number of benzene rings is 1. The lowest BCUT2D eigenvalue weighted by atomic mass is 10.1. The maximum atomic E-state index is 12.4. The van der Waals surface area contributed by atoms with E-state index in [1.165, 1.54) is 14.2 Å². The van der Waals surface area contributed by atoms with E-state index in [2.05, 4.69) is 0 Å². The molecule has 0 aliphatic rings. The molecule has 26 heavy (non-hydrogen) atoms. The van der Waals surface area contributed by atoms with Crippen molar-refractivity contribution in [1.82, 2.24) is 4.57 Å². The number of hydrogen-bond donors (Lipinski definition) is 0. The summed E-state index contributed by atoms with van der Waals surface area (Å²) in [5, 5.41) is 0. The van der Waals surface area contributed by atoms with Crippen LogP contribution >= 0.6 is 0 Å². The Hall–Kier alpha value is -2.76. The van der Waals surface area contributed by atoms with E-state index in [0.29, 0.717) is 17.1 Å². The lowest BCUT2D eigenvalue weighted by Gasteiger charge is -2.12. The Kier molecular flexibility index (Phi) is 6.08. The summed E-state index contributed by atoms with van der Waals surface area (Å²) >= 11 is 0. The number of nitrogens with zero attached hydrogens (tertiary/aromatic N) is 1. The number of hydrogen-bond acceptors (Lipinski definition) is 5. The van der Waals surface area contributed by atoms with Crippen LogP contribution in [0.3, 0.4) is 0 Å². The van der Waals surface area contributed by atoms with Gasteiger partial charge in [0.25, 0.3) is 0 Å². The molecule has 0 spiro atoms. The summed E-state index contributed by atoms with van der Waals surface area (Å²) < 4.78 is 17.8. The predicted molar refractivity (Wildman–Crippen MR) is 98.5 cm³/mol. The molecule has 140 valence electrons. The van der Waals surface area contributed by atoms with Crippen LogP contribution in [0.15, 0.2) is 18.2 Å². The smallest absolute Gasteiger partial charge is 0.338 e. The number of rotatable bonds is 7. The molecule has 2 rings (SSSR count). The number of ether oxygens (including phenoxy) is 3. The van der Waals surface area contributed by atoms with Crippen LogP contribution in [0.2, 0.25) is 0 Å². The van der Waals surface area contributed by atoms with E-state index in [1.807, 2.05) is 38.3 Å². The Balaban J connectivity index is 2.15. The van der Waals surface area contributed by atoms with Crippen molar-refractivity contribution < 1.29 is 23.8 Å². The highest BCUT2D eigenvalue weighted by Gasteiger charge is 2.19. The number of aryl methyl sites for hydroxylation is 1. The van der Waals surface area contributed by atoms with Crippen molar-refractivity contribution >= 4 is 11.8 Å². The van der Waals surface area contributed by atoms with Crippen LogP contribution in [0, 0.1) is 20.8 Å². The van der Waals surface area contributed by atoms with Gasteiger partial charge in [0.1, 0.15) is 11.5 Å². The maximum Gasteiger partial charge on any atom is 0.338 e. The van der Waals surface area contributed by atoms with Gasteiger partial charge in [-0.1, -0.05) is 0 Å². The lowest BCUT2D eigenvalue weighted by molar-refractivity contribution is 0.0474. The summed E-state index contributed by atoms with van der Waals surface area (Å²) in [5.74, 6) is 0.222. The quantitative estimate of drug-likeness (QED) is 0.559. The van der Waals surface area contributed by atoms with Crippen LogP contribution in [0.25, 0.3) is 0 Å². The first-order valence-electron chi connectivity index (χ1n) is 8.43. The molecule has 0 radical (unpaired) electrons. The van der Waals surface area contributed by atoms with Crippen molar-refractivity contribution in [3.63, 3.8) is 0 Å². The average Bonchev–Trinajstić information content (AvgIpc) is 2.93. The van der Waals surface area contributed by atoms with Crippen molar-refractivity contribution in [1.29, 1.82) is 0 Å². The third kappa shape index (κ3) is 3.74. The molecule has 1 heterocycles. The molecule has 0 saturated heterocycles. The van der Waals surface area contributed by atoms with Crippen LogP contribution in [0.5, 0.6) is 11.5 Å². The van der Waals surface area contributed by atoms with Gasteiger partial charge in [-0.25, -0.2) is 4.79 Å². The van der Waals surface area contributed by atoms with E-state index in [1.54, 1.807) is 12.1 Å². The van der Waals surface area contributed by atoms with E-state index in [4.69, 9.17) is 14.2 Å². The summed E-state index contributed by atoms with van der Waals surface area (Å²) in [6.45, 7) is 8.16. The molecule has 0 saturated carbocycles. The molecule has 1 aromatic heterocycles. The molecule has 6 heteroatoms. The Morgan fingerprint density at radius 3 is 2.04 bits per heavy atom. The summed E-state index contributed by atoms with van der Waals surface area (Å²) in [7, 11) is 3.04. The molecular formula is C20H25NO5. The molecule has 0 aliphatic carbocycles. The maximum absolute atomic E-state index is 12.4. The Morgan fingerprint density at radius 2 is 1.58 bits per heavy atom. The second-order valence-electron chi connectivity index (χ2n) is 6.03.